The molecular weight excluding hydrogens is 130 g/mol. The highest BCUT2D eigenvalue weighted by Crippen LogP contribution is 2.10. The SMILES string of the molecule is CC(=O)OCC(C)(F)F. The fourth-order valence-corrected chi connectivity index (χ4v) is 0.228. The first-order chi connectivity index (χ1) is 3.92. The normalized spacial score (nSPS) is 11.1. The van der Waals surface area contributed by atoms with Gasteiger partial charge in [0.15, 0.2) is 6.61 Å². The Kier molecular flexibility index (Phi) is 2.55. The van der Waals surface area contributed by atoms with Gasteiger partial charge in [-0.3, -0.25) is 4.79 Å². The Bertz CT molecular complexity index is 106. The van der Waals surface area contributed by atoms with Crippen molar-refractivity contribution in [3.8, 4) is 0 Å². The zero-order chi connectivity index (χ0) is 7.49. The van der Waals surface area contributed by atoms with Crippen molar-refractivity contribution in [1.82, 2.24) is 0 Å². The second kappa shape index (κ2) is 2.75. The van der Waals surface area contributed by atoms with Crippen LogP contribution in [0.2, 0.25) is 0 Å². The van der Waals surface area contributed by atoms with Crippen LogP contribution in [0, 0.1) is 0 Å². The van der Waals surface area contributed by atoms with Crippen molar-refractivity contribution < 1.29 is 18.3 Å². The Morgan fingerprint density at radius 3 is 2.22 bits per heavy atom. The molecule has 0 atom stereocenters. The Balaban J connectivity index is 3.39. The van der Waals surface area contributed by atoms with E-state index in [0.717, 1.165) is 6.92 Å². The topological polar surface area (TPSA) is 26.3 Å². The van der Waals surface area contributed by atoms with E-state index >= 15 is 0 Å². The van der Waals surface area contributed by atoms with Crippen LogP contribution < -0.4 is 0 Å². The molecule has 0 aliphatic carbocycles. The third-order valence-corrected chi connectivity index (χ3v) is 0.529. The number of ether oxygens (including phenoxy) is 1. The van der Waals surface area contributed by atoms with Gasteiger partial charge in [-0.05, 0) is 0 Å². The van der Waals surface area contributed by atoms with Gasteiger partial charge in [0.1, 0.15) is 0 Å². The van der Waals surface area contributed by atoms with E-state index in [0.29, 0.717) is 6.92 Å². The lowest BCUT2D eigenvalue weighted by atomic mass is 10.4. The minimum absolute atomic E-state index is 0.684. The van der Waals surface area contributed by atoms with Gasteiger partial charge in [0.05, 0.1) is 0 Å². The van der Waals surface area contributed by atoms with Crippen molar-refractivity contribution in [2.75, 3.05) is 6.61 Å². The Morgan fingerprint density at radius 2 is 2.11 bits per heavy atom. The highest BCUT2D eigenvalue weighted by Gasteiger charge is 2.22. The maximum atomic E-state index is 11.8. The average molecular weight is 138 g/mol. The smallest absolute Gasteiger partial charge is 0.302 e. The van der Waals surface area contributed by atoms with Crippen LogP contribution in [0.4, 0.5) is 8.78 Å². The van der Waals surface area contributed by atoms with Crippen LogP contribution in [-0.2, 0) is 9.53 Å². The molecule has 0 aromatic rings. The van der Waals surface area contributed by atoms with Gasteiger partial charge in [-0.15, -0.1) is 0 Å². The second-order valence-corrected chi connectivity index (χ2v) is 1.85. The fourth-order valence-electron chi connectivity index (χ4n) is 0.228. The maximum Gasteiger partial charge on any atom is 0.302 e. The molecular formula is C5H8F2O2. The molecule has 0 radical (unpaired) electrons. The minimum atomic E-state index is -2.91. The summed E-state index contributed by atoms with van der Waals surface area (Å²) in [7, 11) is 0. The molecule has 2 nitrogen and oxygen atoms in total. The van der Waals surface area contributed by atoms with Gasteiger partial charge >= 0.3 is 5.97 Å². The molecule has 0 N–H and O–H groups in total. The quantitative estimate of drug-likeness (QED) is 0.536. The maximum absolute atomic E-state index is 11.8. The molecule has 0 aromatic carbocycles. The van der Waals surface area contributed by atoms with E-state index in [9.17, 15) is 13.6 Å². The summed E-state index contributed by atoms with van der Waals surface area (Å²) < 4.78 is 27.6. The Hall–Kier alpha value is -0.670. The number of alkyl halides is 2. The van der Waals surface area contributed by atoms with Gasteiger partial charge in [0.2, 0.25) is 0 Å². The molecule has 9 heavy (non-hydrogen) atoms. The van der Waals surface area contributed by atoms with E-state index in [1.165, 1.54) is 0 Å². The summed E-state index contributed by atoms with van der Waals surface area (Å²) in [6.07, 6.45) is 0. The van der Waals surface area contributed by atoms with Crippen molar-refractivity contribution in [3.05, 3.63) is 0 Å². The zero-order valence-corrected chi connectivity index (χ0v) is 5.28. The molecule has 0 aliphatic heterocycles. The van der Waals surface area contributed by atoms with Crippen molar-refractivity contribution in [2.24, 2.45) is 0 Å². The summed E-state index contributed by atoms with van der Waals surface area (Å²) in [5.41, 5.74) is 0. The predicted octanol–water partition coefficient (Wildman–Crippen LogP) is 1.20. The second-order valence-electron chi connectivity index (χ2n) is 1.85. The number of carbonyl (C=O) groups is 1. The molecule has 0 aromatic heterocycles. The van der Waals surface area contributed by atoms with E-state index < -0.39 is 18.5 Å². The largest absolute Gasteiger partial charge is 0.459 e. The van der Waals surface area contributed by atoms with Crippen LogP contribution in [0.15, 0.2) is 0 Å². The van der Waals surface area contributed by atoms with Gasteiger partial charge < -0.3 is 4.74 Å². The summed E-state index contributed by atoms with van der Waals surface area (Å²) >= 11 is 0. The van der Waals surface area contributed by atoms with Gasteiger partial charge in [-0.1, -0.05) is 0 Å². The van der Waals surface area contributed by atoms with Crippen molar-refractivity contribution >= 4 is 5.97 Å². The lowest BCUT2D eigenvalue weighted by molar-refractivity contribution is -0.150. The van der Waals surface area contributed by atoms with E-state index in [1.54, 1.807) is 0 Å². The van der Waals surface area contributed by atoms with Crippen LogP contribution >= 0.6 is 0 Å². The molecule has 4 heteroatoms. The van der Waals surface area contributed by atoms with E-state index in [2.05, 4.69) is 4.74 Å². The highest BCUT2D eigenvalue weighted by atomic mass is 19.3. The van der Waals surface area contributed by atoms with E-state index in [4.69, 9.17) is 0 Å². The number of halogens is 2. The monoisotopic (exact) mass is 138 g/mol. The predicted molar refractivity (Wildman–Crippen MR) is 27.3 cm³/mol. The summed E-state index contributed by atoms with van der Waals surface area (Å²) in [6, 6.07) is 0. The summed E-state index contributed by atoms with van der Waals surface area (Å²) in [6.45, 7) is 0.948. The van der Waals surface area contributed by atoms with Crippen molar-refractivity contribution in [2.45, 2.75) is 19.8 Å². The van der Waals surface area contributed by atoms with Crippen molar-refractivity contribution in [1.29, 1.82) is 0 Å². The molecule has 0 rings (SSSR count). The first-order valence-electron chi connectivity index (χ1n) is 2.43. The molecule has 0 saturated heterocycles. The number of hydrogen-bond donors (Lipinski definition) is 0. The third kappa shape index (κ3) is 7.33. The number of rotatable bonds is 2. The summed E-state index contributed by atoms with van der Waals surface area (Å²) in [4.78, 5) is 9.93. The first-order valence-corrected chi connectivity index (χ1v) is 2.43. The molecule has 0 saturated carbocycles. The van der Waals surface area contributed by atoms with Gasteiger partial charge in [0.25, 0.3) is 5.92 Å². The van der Waals surface area contributed by atoms with Crippen molar-refractivity contribution in [3.63, 3.8) is 0 Å². The van der Waals surface area contributed by atoms with Crippen LogP contribution in [0.25, 0.3) is 0 Å². The molecule has 0 fully saturated rings. The number of hydrogen-bond acceptors (Lipinski definition) is 2. The number of carbonyl (C=O) groups excluding carboxylic acids is 1. The molecule has 0 aliphatic rings. The first kappa shape index (κ1) is 8.33. The van der Waals surface area contributed by atoms with Crippen LogP contribution in [0.3, 0.4) is 0 Å². The standard InChI is InChI=1S/C5H8F2O2/c1-4(8)9-3-5(2,6)7/h3H2,1-2H3. The van der Waals surface area contributed by atoms with Gasteiger partial charge in [0, 0.05) is 13.8 Å². The lowest BCUT2D eigenvalue weighted by Gasteiger charge is -2.08. The van der Waals surface area contributed by atoms with E-state index in [-0.39, 0.29) is 0 Å². The molecule has 0 heterocycles. The van der Waals surface area contributed by atoms with Crippen LogP contribution in [0.5, 0.6) is 0 Å². The van der Waals surface area contributed by atoms with Crippen LogP contribution in [-0.4, -0.2) is 18.5 Å². The van der Waals surface area contributed by atoms with Gasteiger partial charge in [-0.2, -0.15) is 0 Å². The summed E-state index contributed by atoms with van der Waals surface area (Å²) in [5.74, 6) is -3.59. The molecule has 54 valence electrons. The Morgan fingerprint density at radius 1 is 1.67 bits per heavy atom. The van der Waals surface area contributed by atoms with E-state index in [1.807, 2.05) is 0 Å². The third-order valence-electron chi connectivity index (χ3n) is 0.529. The molecule has 0 unspecified atom stereocenters. The molecule has 0 amide bonds. The average Bonchev–Trinajstić information content (AvgIpc) is 1.59. The molecule has 0 spiro atoms. The lowest BCUT2D eigenvalue weighted by Crippen LogP contribution is -2.20. The van der Waals surface area contributed by atoms with Crippen LogP contribution in [0.1, 0.15) is 13.8 Å². The zero-order valence-electron chi connectivity index (χ0n) is 5.28. The Labute approximate surface area is 51.8 Å². The number of esters is 1. The summed E-state index contributed by atoms with van der Waals surface area (Å²) in [5, 5.41) is 0. The minimum Gasteiger partial charge on any atom is -0.459 e. The fraction of sp³-hybridized carbons (Fsp3) is 0.800. The highest BCUT2D eigenvalue weighted by molar-refractivity contribution is 5.65. The van der Waals surface area contributed by atoms with Gasteiger partial charge in [-0.25, -0.2) is 8.78 Å². The molecule has 0 bridgehead atoms.